The van der Waals surface area contributed by atoms with Crippen LogP contribution in [0, 0.1) is 5.82 Å². The molecule has 2 aromatic rings. The Hall–Kier alpha value is -2.07. The Balaban J connectivity index is 2.25. The van der Waals surface area contributed by atoms with E-state index in [-0.39, 0.29) is 5.82 Å². The molecule has 4 heteroatoms. The van der Waals surface area contributed by atoms with Crippen molar-refractivity contribution in [2.24, 2.45) is 0 Å². The lowest BCUT2D eigenvalue weighted by Crippen LogP contribution is -2.20. The molecule has 0 bridgehead atoms. The first kappa shape index (κ1) is 15.3. The van der Waals surface area contributed by atoms with E-state index in [1.54, 1.807) is 13.2 Å². The Morgan fingerprint density at radius 2 is 1.90 bits per heavy atom. The molecule has 0 saturated heterocycles. The topological polar surface area (TPSA) is 24.5 Å². The van der Waals surface area contributed by atoms with Crippen molar-refractivity contribution >= 4 is 5.69 Å². The first-order chi connectivity index (χ1) is 10.2. The molecule has 0 spiro atoms. The van der Waals surface area contributed by atoms with Crippen molar-refractivity contribution in [3.8, 4) is 5.75 Å². The molecule has 0 fully saturated rings. The standard InChI is InChI=1S/C17H21FN2O/c1-19-11-14-10-15(18)8-9-16(14)20(2)12-13-6-4-5-7-17(13)21-3/h4-10,19H,11-12H2,1-3H3. The number of nitrogens with one attached hydrogen (secondary N) is 1. The van der Waals surface area contributed by atoms with Crippen LogP contribution < -0.4 is 15.0 Å². The molecule has 0 saturated carbocycles. The van der Waals surface area contributed by atoms with Gasteiger partial charge in [0.05, 0.1) is 7.11 Å². The minimum atomic E-state index is -0.213. The maximum atomic E-state index is 13.4. The Kier molecular flexibility index (Phi) is 5.17. The van der Waals surface area contributed by atoms with Gasteiger partial charge >= 0.3 is 0 Å². The van der Waals surface area contributed by atoms with E-state index in [0.29, 0.717) is 13.1 Å². The number of benzene rings is 2. The second-order valence-corrected chi connectivity index (χ2v) is 4.97. The van der Waals surface area contributed by atoms with Crippen LogP contribution in [0.1, 0.15) is 11.1 Å². The van der Waals surface area contributed by atoms with Crippen LogP contribution in [-0.2, 0) is 13.1 Å². The van der Waals surface area contributed by atoms with Crippen LogP contribution in [0.4, 0.5) is 10.1 Å². The molecule has 112 valence electrons. The summed E-state index contributed by atoms with van der Waals surface area (Å²) in [5.41, 5.74) is 3.05. The fourth-order valence-corrected chi connectivity index (χ4v) is 2.43. The van der Waals surface area contributed by atoms with Gasteiger partial charge in [0.25, 0.3) is 0 Å². The van der Waals surface area contributed by atoms with Crippen molar-refractivity contribution < 1.29 is 9.13 Å². The van der Waals surface area contributed by atoms with Crippen LogP contribution in [0.2, 0.25) is 0 Å². The van der Waals surface area contributed by atoms with Crippen molar-refractivity contribution in [2.45, 2.75) is 13.1 Å². The Morgan fingerprint density at radius 1 is 1.14 bits per heavy atom. The summed E-state index contributed by atoms with van der Waals surface area (Å²) in [6, 6.07) is 12.8. The summed E-state index contributed by atoms with van der Waals surface area (Å²) in [4.78, 5) is 2.10. The molecule has 1 N–H and O–H groups in total. The molecule has 21 heavy (non-hydrogen) atoms. The molecule has 0 heterocycles. The number of nitrogens with zero attached hydrogens (tertiary/aromatic N) is 1. The number of para-hydroxylation sites is 1. The summed E-state index contributed by atoms with van der Waals surface area (Å²) in [6.07, 6.45) is 0. The molecule has 2 rings (SSSR count). The predicted octanol–water partition coefficient (Wildman–Crippen LogP) is 3.19. The van der Waals surface area contributed by atoms with Gasteiger partial charge in [0.15, 0.2) is 0 Å². The Morgan fingerprint density at radius 3 is 2.62 bits per heavy atom. The minimum Gasteiger partial charge on any atom is -0.496 e. The molecule has 0 radical (unpaired) electrons. The van der Waals surface area contributed by atoms with Crippen molar-refractivity contribution in [2.75, 3.05) is 26.1 Å². The minimum absolute atomic E-state index is 0.213. The van der Waals surface area contributed by atoms with E-state index >= 15 is 0 Å². The highest BCUT2D eigenvalue weighted by atomic mass is 19.1. The third kappa shape index (κ3) is 3.73. The van der Waals surface area contributed by atoms with E-state index in [0.717, 1.165) is 22.6 Å². The lowest BCUT2D eigenvalue weighted by molar-refractivity contribution is 0.409. The summed E-state index contributed by atoms with van der Waals surface area (Å²) in [7, 11) is 5.52. The first-order valence-electron chi connectivity index (χ1n) is 6.91. The summed E-state index contributed by atoms with van der Waals surface area (Å²) in [5.74, 6) is 0.649. The zero-order valence-corrected chi connectivity index (χ0v) is 12.7. The van der Waals surface area contributed by atoms with Gasteiger partial charge in [-0.1, -0.05) is 18.2 Å². The van der Waals surface area contributed by atoms with Crippen LogP contribution >= 0.6 is 0 Å². The highest BCUT2D eigenvalue weighted by molar-refractivity contribution is 5.54. The number of hydrogen-bond acceptors (Lipinski definition) is 3. The fraction of sp³-hybridized carbons (Fsp3) is 0.294. The Bertz CT molecular complexity index is 601. The van der Waals surface area contributed by atoms with Crippen LogP contribution in [0.15, 0.2) is 42.5 Å². The summed E-state index contributed by atoms with van der Waals surface area (Å²) < 4.78 is 18.8. The van der Waals surface area contributed by atoms with Gasteiger partial charge < -0.3 is 15.0 Å². The Labute approximate surface area is 125 Å². The number of anilines is 1. The number of ether oxygens (including phenoxy) is 1. The highest BCUT2D eigenvalue weighted by Crippen LogP contribution is 2.25. The lowest BCUT2D eigenvalue weighted by atomic mass is 10.1. The van der Waals surface area contributed by atoms with Crippen LogP contribution in [0.3, 0.4) is 0 Å². The molecular formula is C17H21FN2O. The largest absolute Gasteiger partial charge is 0.496 e. The van der Waals surface area contributed by atoms with Gasteiger partial charge in [-0.3, -0.25) is 0 Å². The number of halogens is 1. The van der Waals surface area contributed by atoms with Gasteiger partial charge in [-0.15, -0.1) is 0 Å². The molecule has 0 aromatic heterocycles. The van der Waals surface area contributed by atoms with Crippen LogP contribution in [0.5, 0.6) is 5.75 Å². The van der Waals surface area contributed by atoms with Crippen molar-refractivity contribution in [3.05, 3.63) is 59.4 Å². The molecular weight excluding hydrogens is 267 g/mol. The van der Waals surface area contributed by atoms with E-state index in [1.165, 1.54) is 6.07 Å². The molecule has 0 amide bonds. The summed E-state index contributed by atoms with van der Waals surface area (Å²) in [5, 5.41) is 3.07. The number of rotatable bonds is 6. The highest BCUT2D eigenvalue weighted by Gasteiger charge is 2.11. The van der Waals surface area contributed by atoms with Gasteiger partial charge in [0, 0.05) is 31.4 Å². The average molecular weight is 288 g/mol. The monoisotopic (exact) mass is 288 g/mol. The zero-order chi connectivity index (χ0) is 15.2. The molecule has 0 atom stereocenters. The number of methoxy groups -OCH3 is 1. The van der Waals surface area contributed by atoms with E-state index in [4.69, 9.17) is 4.74 Å². The van der Waals surface area contributed by atoms with Gasteiger partial charge in [-0.2, -0.15) is 0 Å². The van der Waals surface area contributed by atoms with E-state index in [2.05, 4.69) is 10.2 Å². The van der Waals surface area contributed by atoms with Gasteiger partial charge in [0.1, 0.15) is 11.6 Å². The maximum absolute atomic E-state index is 13.4. The second-order valence-electron chi connectivity index (χ2n) is 4.97. The van der Waals surface area contributed by atoms with Crippen molar-refractivity contribution in [3.63, 3.8) is 0 Å². The summed E-state index contributed by atoms with van der Waals surface area (Å²) in [6.45, 7) is 1.33. The van der Waals surface area contributed by atoms with Crippen molar-refractivity contribution in [1.29, 1.82) is 0 Å². The van der Waals surface area contributed by atoms with Gasteiger partial charge in [0.2, 0.25) is 0 Å². The molecule has 3 nitrogen and oxygen atoms in total. The van der Waals surface area contributed by atoms with Crippen molar-refractivity contribution in [1.82, 2.24) is 5.32 Å². The van der Waals surface area contributed by atoms with E-state index in [9.17, 15) is 4.39 Å². The molecule has 2 aromatic carbocycles. The smallest absolute Gasteiger partial charge is 0.123 e. The van der Waals surface area contributed by atoms with Crippen LogP contribution in [-0.4, -0.2) is 21.2 Å². The zero-order valence-electron chi connectivity index (χ0n) is 12.7. The normalized spacial score (nSPS) is 10.5. The second kappa shape index (κ2) is 7.09. The molecule has 0 unspecified atom stereocenters. The molecule has 0 aliphatic rings. The third-order valence-electron chi connectivity index (χ3n) is 3.42. The fourth-order valence-electron chi connectivity index (χ4n) is 2.43. The lowest BCUT2D eigenvalue weighted by Gasteiger charge is -2.23. The molecule has 0 aliphatic heterocycles. The molecule has 0 aliphatic carbocycles. The summed E-state index contributed by atoms with van der Waals surface area (Å²) >= 11 is 0. The van der Waals surface area contributed by atoms with E-state index < -0.39 is 0 Å². The van der Waals surface area contributed by atoms with Gasteiger partial charge in [-0.25, -0.2) is 4.39 Å². The van der Waals surface area contributed by atoms with Crippen LogP contribution in [0.25, 0.3) is 0 Å². The SMILES string of the molecule is CNCc1cc(F)ccc1N(C)Cc1ccccc1OC. The predicted molar refractivity (Wildman–Crippen MR) is 84.3 cm³/mol. The number of hydrogen-bond donors (Lipinski definition) is 1. The average Bonchev–Trinajstić information content (AvgIpc) is 2.48. The third-order valence-corrected chi connectivity index (χ3v) is 3.42. The van der Waals surface area contributed by atoms with E-state index in [1.807, 2.05) is 44.4 Å². The van der Waals surface area contributed by atoms with Gasteiger partial charge in [-0.05, 0) is 36.9 Å². The first-order valence-corrected chi connectivity index (χ1v) is 6.91. The quantitative estimate of drug-likeness (QED) is 0.883. The maximum Gasteiger partial charge on any atom is 0.123 e.